The number of carbonyl (C=O) groups is 1. The normalized spacial score (nSPS) is 11.5. The molecule has 1 aromatic rings. The Morgan fingerprint density at radius 1 is 1.11 bits per heavy atom. The molecule has 0 saturated carbocycles. The lowest BCUT2D eigenvalue weighted by molar-refractivity contribution is -0.150. The largest absolute Gasteiger partial charge is 0.461 e. The number of hydrogen-bond acceptors (Lipinski definition) is 2. The molecule has 0 aliphatic heterocycles. The zero-order valence-corrected chi connectivity index (χ0v) is 12.7. The number of carbonyl (C=O) groups excluding carboxylic acids is 1. The van der Waals surface area contributed by atoms with Crippen LogP contribution in [0, 0.1) is 5.92 Å². The summed E-state index contributed by atoms with van der Waals surface area (Å²) in [5, 5.41) is 0. The van der Waals surface area contributed by atoms with Crippen LogP contribution in [0.1, 0.15) is 51.5 Å². The Morgan fingerprint density at radius 3 is 2.37 bits per heavy atom. The van der Waals surface area contributed by atoms with Crippen molar-refractivity contribution in [2.24, 2.45) is 5.92 Å². The van der Waals surface area contributed by atoms with Crippen molar-refractivity contribution >= 4 is 18.4 Å². The molecular formula is C16H25ClO2. The van der Waals surface area contributed by atoms with Gasteiger partial charge >= 0.3 is 5.97 Å². The Balaban J connectivity index is 0.00000324. The van der Waals surface area contributed by atoms with Crippen molar-refractivity contribution < 1.29 is 9.53 Å². The van der Waals surface area contributed by atoms with Crippen molar-refractivity contribution in [2.45, 2.75) is 52.6 Å². The second-order valence-electron chi connectivity index (χ2n) is 4.72. The molecule has 0 aromatic heterocycles. The van der Waals surface area contributed by atoms with Gasteiger partial charge in [0.05, 0.1) is 5.92 Å². The van der Waals surface area contributed by atoms with Gasteiger partial charge in [-0.1, -0.05) is 63.4 Å². The van der Waals surface area contributed by atoms with Gasteiger partial charge < -0.3 is 4.74 Å². The van der Waals surface area contributed by atoms with Crippen molar-refractivity contribution in [2.75, 3.05) is 0 Å². The van der Waals surface area contributed by atoms with E-state index in [1.54, 1.807) is 0 Å². The van der Waals surface area contributed by atoms with Gasteiger partial charge in [-0.3, -0.25) is 4.79 Å². The van der Waals surface area contributed by atoms with Crippen LogP contribution >= 0.6 is 12.4 Å². The van der Waals surface area contributed by atoms with Gasteiger partial charge in [0.1, 0.15) is 6.61 Å². The fourth-order valence-corrected chi connectivity index (χ4v) is 2.03. The number of unbranched alkanes of at least 4 members (excludes halogenated alkanes) is 1. The second kappa shape index (κ2) is 10.9. The van der Waals surface area contributed by atoms with Crippen molar-refractivity contribution in [1.29, 1.82) is 0 Å². The predicted molar refractivity (Wildman–Crippen MR) is 81.4 cm³/mol. The number of hydrogen-bond donors (Lipinski definition) is 0. The van der Waals surface area contributed by atoms with E-state index >= 15 is 0 Å². The Hall–Kier alpha value is -1.02. The Morgan fingerprint density at radius 2 is 1.79 bits per heavy atom. The van der Waals surface area contributed by atoms with Crippen LogP contribution in [-0.2, 0) is 16.1 Å². The average molecular weight is 285 g/mol. The van der Waals surface area contributed by atoms with E-state index in [-0.39, 0.29) is 24.3 Å². The molecule has 1 rings (SSSR count). The van der Waals surface area contributed by atoms with Gasteiger partial charge in [-0.2, -0.15) is 0 Å². The maximum absolute atomic E-state index is 12.0. The van der Waals surface area contributed by atoms with Crippen molar-refractivity contribution in [3.63, 3.8) is 0 Å². The summed E-state index contributed by atoms with van der Waals surface area (Å²) in [5.41, 5.74) is 1.05. The fraction of sp³-hybridized carbons (Fsp3) is 0.562. The highest BCUT2D eigenvalue weighted by Crippen LogP contribution is 2.17. The number of ether oxygens (including phenoxy) is 1. The third kappa shape index (κ3) is 7.22. The molecule has 1 unspecified atom stereocenters. The molecule has 0 spiro atoms. The summed E-state index contributed by atoms with van der Waals surface area (Å²) in [6, 6.07) is 9.85. The molecule has 2 nitrogen and oxygen atoms in total. The molecule has 0 amide bonds. The van der Waals surface area contributed by atoms with Crippen LogP contribution in [0.25, 0.3) is 0 Å². The van der Waals surface area contributed by atoms with Gasteiger partial charge in [-0.05, 0) is 18.4 Å². The molecule has 0 saturated heterocycles. The average Bonchev–Trinajstić information content (AvgIpc) is 2.42. The van der Waals surface area contributed by atoms with Crippen LogP contribution in [0.2, 0.25) is 0 Å². The molecule has 0 fully saturated rings. The Labute approximate surface area is 123 Å². The third-order valence-electron chi connectivity index (χ3n) is 3.10. The molecule has 0 bridgehead atoms. The van der Waals surface area contributed by atoms with Crippen molar-refractivity contribution in [3.8, 4) is 0 Å². The van der Waals surface area contributed by atoms with E-state index in [1.807, 2.05) is 30.3 Å². The lowest BCUT2D eigenvalue weighted by atomic mass is 9.97. The van der Waals surface area contributed by atoms with Crippen molar-refractivity contribution in [3.05, 3.63) is 35.9 Å². The van der Waals surface area contributed by atoms with Crippen LogP contribution < -0.4 is 0 Å². The van der Waals surface area contributed by atoms with Crippen molar-refractivity contribution in [1.82, 2.24) is 0 Å². The number of rotatable bonds is 8. The number of halogens is 1. The molecule has 0 radical (unpaired) electrons. The quantitative estimate of drug-likeness (QED) is 0.644. The first-order valence-corrected chi connectivity index (χ1v) is 6.98. The van der Waals surface area contributed by atoms with E-state index in [0.717, 1.165) is 37.7 Å². The fourth-order valence-electron chi connectivity index (χ4n) is 2.03. The first kappa shape index (κ1) is 18.0. The van der Waals surface area contributed by atoms with Crippen LogP contribution in [0.3, 0.4) is 0 Å². The van der Waals surface area contributed by atoms with Gasteiger partial charge in [0.2, 0.25) is 0 Å². The summed E-state index contributed by atoms with van der Waals surface area (Å²) in [4.78, 5) is 12.0. The van der Waals surface area contributed by atoms with Crippen LogP contribution in [0.4, 0.5) is 0 Å². The summed E-state index contributed by atoms with van der Waals surface area (Å²) >= 11 is 0. The van der Waals surface area contributed by atoms with Crippen LogP contribution in [-0.4, -0.2) is 5.97 Å². The summed E-state index contributed by atoms with van der Waals surface area (Å²) in [6.45, 7) is 4.66. The van der Waals surface area contributed by atoms with E-state index in [4.69, 9.17) is 4.74 Å². The number of esters is 1. The van der Waals surface area contributed by atoms with Gasteiger partial charge in [0.15, 0.2) is 0 Å². The minimum absolute atomic E-state index is 0. The summed E-state index contributed by atoms with van der Waals surface area (Å²) in [5.74, 6) is 0.0489. The molecule has 1 aromatic carbocycles. The lowest BCUT2D eigenvalue weighted by Crippen LogP contribution is -2.17. The molecule has 0 heterocycles. The van der Waals surface area contributed by atoms with E-state index in [9.17, 15) is 4.79 Å². The van der Waals surface area contributed by atoms with E-state index in [0.29, 0.717) is 6.61 Å². The topological polar surface area (TPSA) is 26.3 Å². The molecule has 0 aliphatic carbocycles. The molecular weight excluding hydrogens is 260 g/mol. The lowest BCUT2D eigenvalue weighted by Gasteiger charge is -2.14. The number of benzene rings is 1. The minimum atomic E-state index is -0.0332. The highest BCUT2D eigenvalue weighted by atomic mass is 35.5. The maximum atomic E-state index is 12.0. The molecule has 3 heteroatoms. The standard InChI is InChI=1S/C16H24O2.ClH/c1-3-5-12-15(9-4-2)16(17)18-13-14-10-7-6-8-11-14;/h6-8,10-11,15H,3-5,9,12-13H2,1-2H3;1H. The SMILES string of the molecule is CCCCC(CCC)C(=O)OCc1ccccc1.Cl. The van der Waals surface area contributed by atoms with Gasteiger partial charge in [-0.15, -0.1) is 12.4 Å². The molecule has 0 N–H and O–H groups in total. The Bertz CT molecular complexity index is 338. The van der Waals surface area contributed by atoms with E-state index in [1.165, 1.54) is 0 Å². The first-order valence-electron chi connectivity index (χ1n) is 6.98. The first-order chi connectivity index (χ1) is 8.77. The zero-order valence-electron chi connectivity index (χ0n) is 11.9. The molecule has 19 heavy (non-hydrogen) atoms. The van der Waals surface area contributed by atoms with E-state index < -0.39 is 0 Å². The highest BCUT2D eigenvalue weighted by molar-refractivity contribution is 5.85. The smallest absolute Gasteiger partial charge is 0.309 e. The summed E-state index contributed by atoms with van der Waals surface area (Å²) < 4.78 is 5.40. The van der Waals surface area contributed by atoms with Crippen LogP contribution in [0.15, 0.2) is 30.3 Å². The molecule has 1 atom stereocenters. The minimum Gasteiger partial charge on any atom is -0.461 e. The molecule has 108 valence electrons. The monoisotopic (exact) mass is 284 g/mol. The summed E-state index contributed by atoms with van der Waals surface area (Å²) in [7, 11) is 0. The molecule has 0 aliphatic rings. The highest BCUT2D eigenvalue weighted by Gasteiger charge is 2.18. The maximum Gasteiger partial charge on any atom is 0.309 e. The zero-order chi connectivity index (χ0) is 13.2. The summed E-state index contributed by atoms with van der Waals surface area (Å²) in [6.07, 6.45) is 5.16. The second-order valence-corrected chi connectivity index (χ2v) is 4.72. The van der Waals surface area contributed by atoms with Gasteiger partial charge in [0, 0.05) is 0 Å². The Kier molecular flexibility index (Phi) is 10.3. The third-order valence-corrected chi connectivity index (χ3v) is 3.10. The van der Waals surface area contributed by atoms with Crippen LogP contribution in [0.5, 0.6) is 0 Å². The predicted octanol–water partition coefficient (Wildman–Crippen LogP) is 4.76. The van der Waals surface area contributed by atoms with Gasteiger partial charge in [0.25, 0.3) is 0 Å². The van der Waals surface area contributed by atoms with E-state index in [2.05, 4.69) is 13.8 Å². The van der Waals surface area contributed by atoms with Gasteiger partial charge in [-0.25, -0.2) is 0 Å².